The van der Waals surface area contributed by atoms with Crippen molar-refractivity contribution in [2.24, 2.45) is 0 Å². The molecule has 0 unspecified atom stereocenters. The average Bonchev–Trinajstić information content (AvgIpc) is 3.10. The number of methoxy groups -OCH3 is 1. The SMILES string of the molecule is COCc1cc(NC(=O)c2sc(-c3ccc(Cl)cc3)nc2C)cc2c1OCOC2. The summed E-state index contributed by atoms with van der Waals surface area (Å²) >= 11 is 7.30. The summed E-state index contributed by atoms with van der Waals surface area (Å²) in [5, 5.41) is 4.40. The average molecular weight is 431 g/mol. The summed E-state index contributed by atoms with van der Waals surface area (Å²) in [5.41, 5.74) is 4.01. The van der Waals surface area contributed by atoms with E-state index >= 15 is 0 Å². The van der Waals surface area contributed by atoms with Crippen LogP contribution in [0.5, 0.6) is 5.75 Å². The van der Waals surface area contributed by atoms with Crippen LogP contribution in [0.4, 0.5) is 5.69 Å². The number of aryl methyl sites for hydroxylation is 1. The van der Waals surface area contributed by atoms with Crippen LogP contribution < -0.4 is 10.1 Å². The molecule has 3 aromatic rings. The molecule has 0 spiro atoms. The van der Waals surface area contributed by atoms with Crippen LogP contribution >= 0.6 is 22.9 Å². The van der Waals surface area contributed by atoms with Gasteiger partial charge in [-0.3, -0.25) is 4.79 Å². The number of nitrogens with one attached hydrogen (secondary N) is 1. The zero-order valence-electron chi connectivity index (χ0n) is 16.0. The predicted molar refractivity (Wildman–Crippen MR) is 113 cm³/mol. The molecule has 150 valence electrons. The quantitative estimate of drug-likeness (QED) is 0.614. The minimum atomic E-state index is -0.207. The number of fused-ring (bicyclic) bond motifs is 1. The molecule has 1 aliphatic heterocycles. The van der Waals surface area contributed by atoms with Crippen LogP contribution in [0.15, 0.2) is 36.4 Å². The first-order chi connectivity index (χ1) is 14.0. The number of benzene rings is 2. The highest BCUT2D eigenvalue weighted by molar-refractivity contribution is 7.17. The number of ether oxygens (including phenoxy) is 3. The molecule has 1 N–H and O–H groups in total. The third-order valence-electron chi connectivity index (χ3n) is 4.44. The van der Waals surface area contributed by atoms with Crippen molar-refractivity contribution in [3.05, 3.63) is 63.1 Å². The largest absolute Gasteiger partial charge is 0.467 e. The second kappa shape index (κ2) is 8.51. The number of carbonyl (C=O) groups excluding carboxylic acids is 1. The molecule has 2 aromatic carbocycles. The summed E-state index contributed by atoms with van der Waals surface area (Å²) in [7, 11) is 1.62. The third kappa shape index (κ3) is 4.28. The maximum Gasteiger partial charge on any atom is 0.267 e. The van der Waals surface area contributed by atoms with Gasteiger partial charge in [0.1, 0.15) is 15.6 Å². The Morgan fingerprint density at radius 2 is 2.10 bits per heavy atom. The van der Waals surface area contributed by atoms with E-state index in [1.165, 1.54) is 11.3 Å². The van der Waals surface area contributed by atoms with Crippen LogP contribution in [0.1, 0.15) is 26.5 Å². The van der Waals surface area contributed by atoms with Gasteiger partial charge >= 0.3 is 0 Å². The molecule has 0 fully saturated rings. The van der Waals surface area contributed by atoms with Crippen molar-refractivity contribution < 1.29 is 19.0 Å². The Hall–Kier alpha value is -2.45. The molecule has 1 aliphatic rings. The Kier molecular flexibility index (Phi) is 5.82. The fraction of sp³-hybridized carbons (Fsp3) is 0.238. The number of anilines is 1. The van der Waals surface area contributed by atoms with Gasteiger partial charge in [0.15, 0.2) is 6.79 Å². The Bertz CT molecular complexity index is 1050. The first-order valence-electron chi connectivity index (χ1n) is 8.95. The molecule has 0 saturated carbocycles. The second-order valence-corrected chi connectivity index (χ2v) is 8.00. The standard InChI is InChI=1S/C21H19ClN2O4S/c1-12-19(29-21(23-12)13-3-5-16(22)6-4-13)20(25)24-17-7-14(9-26-2)18-15(8-17)10-27-11-28-18/h3-8H,9-11H2,1-2H3,(H,24,25). The molecule has 0 bridgehead atoms. The lowest BCUT2D eigenvalue weighted by Gasteiger charge is -2.21. The summed E-state index contributed by atoms with van der Waals surface area (Å²) in [6.07, 6.45) is 0. The van der Waals surface area contributed by atoms with E-state index in [4.69, 9.17) is 25.8 Å². The summed E-state index contributed by atoms with van der Waals surface area (Å²) < 4.78 is 16.2. The smallest absolute Gasteiger partial charge is 0.267 e. The molecule has 4 rings (SSSR count). The lowest BCUT2D eigenvalue weighted by Crippen LogP contribution is -2.16. The molecule has 29 heavy (non-hydrogen) atoms. The van der Waals surface area contributed by atoms with Gasteiger partial charge in [-0.15, -0.1) is 11.3 Å². The number of aromatic nitrogens is 1. The van der Waals surface area contributed by atoms with Crippen molar-refractivity contribution in [2.45, 2.75) is 20.1 Å². The van der Waals surface area contributed by atoms with Crippen molar-refractivity contribution in [3.63, 3.8) is 0 Å². The summed E-state index contributed by atoms with van der Waals surface area (Å²) in [6.45, 7) is 2.85. The number of nitrogens with zero attached hydrogens (tertiary/aromatic N) is 1. The Balaban J connectivity index is 1.60. The van der Waals surface area contributed by atoms with E-state index in [2.05, 4.69) is 10.3 Å². The number of halogens is 1. The van der Waals surface area contributed by atoms with E-state index in [-0.39, 0.29) is 12.7 Å². The van der Waals surface area contributed by atoms with Crippen molar-refractivity contribution in [3.8, 4) is 16.3 Å². The molecule has 1 aromatic heterocycles. The third-order valence-corrected chi connectivity index (χ3v) is 5.90. The van der Waals surface area contributed by atoms with Crippen LogP contribution in [-0.4, -0.2) is 24.8 Å². The minimum Gasteiger partial charge on any atom is -0.467 e. The Morgan fingerprint density at radius 1 is 1.31 bits per heavy atom. The number of hydrogen-bond acceptors (Lipinski definition) is 6. The van der Waals surface area contributed by atoms with Crippen LogP contribution in [-0.2, 0) is 22.7 Å². The number of carbonyl (C=O) groups is 1. The van der Waals surface area contributed by atoms with Crippen molar-refractivity contribution in [1.29, 1.82) is 0 Å². The molecule has 8 heteroatoms. The lowest BCUT2D eigenvalue weighted by molar-refractivity contribution is -0.0179. The molecular weight excluding hydrogens is 412 g/mol. The predicted octanol–water partition coefficient (Wildman–Crippen LogP) is 5.04. The van der Waals surface area contributed by atoms with E-state index in [1.54, 1.807) is 7.11 Å². The summed E-state index contributed by atoms with van der Waals surface area (Å²) in [6, 6.07) is 11.1. The van der Waals surface area contributed by atoms with Gasteiger partial charge in [0.2, 0.25) is 0 Å². The highest BCUT2D eigenvalue weighted by Gasteiger charge is 2.20. The molecule has 0 radical (unpaired) electrons. The maximum atomic E-state index is 12.9. The number of amides is 1. The monoisotopic (exact) mass is 430 g/mol. The molecule has 0 aliphatic carbocycles. The van der Waals surface area contributed by atoms with Crippen LogP contribution in [0, 0.1) is 6.92 Å². The second-order valence-electron chi connectivity index (χ2n) is 6.56. The van der Waals surface area contributed by atoms with Gasteiger partial charge in [0.05, 0.1) is 18.9 Å². The van der Waals surface area contributed by atoms with Gasteiger partial charge < -0.3 is 19.5 Å². The van der Waals surface area contributed by atoms with Crippen molar-refractivity contribution >= 4 is 34.5 Å². The lowest BCUT2D eigenvalue weighted by atomic mass is 10.1. The van der Waals surface area contributed by atoms with E-state index in [0.29, 0.717) is 34.5 Å². The normalized spacial score (nSPS) is 12.9. The highest BCUT2D eigenvalue weighted by Crippen LogP contribution is 2.33. The molecule has 1 amide bonds. The van der Waals surface area contributed by atoms with Crippen LogP contribution in [0.3, 0.4) is 0 Å². The first-order valence-corrected chi connectivity index (χ1v) is 10.1. The zero-order chi connectivity index (χ0) is 20.4. The van der Waals surface area contributed by atoms with Gasteiger partial charge in [-0.1, -0.05) is 23.7 Å². The van der Waals surface area contributed by atoms with E-state index < -0.39 is 0 Å². The first kappa shape index (κ1) is 19.8. The molecular formula is C21H19ClN2O4S. The Labute approximate surface area is 177 Å². The van der Waals surface area contributed by atoms with E-state index in [0.717, 1.165) is 27.4 Å². The van der Waals surface area contributed by atoms with Gasteiger partial charge in [-0.2, -0.15) is 0 Å². The fourth-order valence-electron chi connectivity index (χ4n) is 3.15. The molecule has 0 saturated heterocycles. The maximum absolute atomic E-state index is 12.9. The Morgan fingerprint density at radius 3 is 2.86 bits per heavy atom. The molecule has 2 heterocycles. The van der Waals surface area contributed by atoms with Gasteiger partial charge in [-0.25, -0.2) is 4.98 Å². The number of rotatable bonds is 5. The molecule has 6 nitrogen and oxygen atoms in total. The minimum absolute atomic E-state index is 0.207. The fourth-order valence-corrected chi connectivity index (χ4v) is 4.24. The molecule has 0 atom stereocenters. The highest BCUT2D eigenvalue weighted by atomic mass is 35.5. The van der Waals surface area contributed by atoms with E-state index in [9.17, 15) is 4.79 Å². The van der Waals surface area contributed by atoms with Crippen molar-refractivity contribution in [1.82, 2.24) is 4.98 Å². The van der Waals surface area contributed by atoms with Crippen LogP contribution in [0.25, 0.3) is 10.6 Å². The zero-order valence-corrected chi connectivity index (χ0v) is 17.5. The van der Waals surface area contributed by atoms with Gasteiger partial charge in [0.25, 0.3) is 5.91 Å². The van der Waals surface area contributed by atoms with Crippen molar-refractivity contribution in [2.75, 3.05) is 19.2 Å². The van der Waals surface area contributed by atoms with E-state index in [1.807, 2.05) is 43.3 Å². The van der Waals surface area contributed by atoms with Gasteiger partial charge in [0, 0.05) is 34.5 Å². The number of thiazole rings is 1. The topological polar surface area (TPSA) is 69.7 Å². The summed E-state index contributed by atoms with van der Waals surface area (Å²) in [4.78, 5) is 18.0. The van der Waals surface area contributed by atoms with Crippen LogP contribution in [0.2, 0.25) is 5.02 Å². The number of hydrogen-bond donors (Lipinski definition) is 1. The van der Waals surface area contributed by atoms with Gasteiger partial charge in [-0.05, 0) is 31.2 Å². The summed E-state index contributed by atoms with van der Waals surface area (Å²) in [5.74, 6) is 0.552.